The molecular formula is C20H29NO7. The number of hydrogen-bond donors (Lipinski definition) is 1. The van der Waals surface area contributed by atoms with Crippen LogP contribution >= 0.6 is 0 Å². The van der Waals surface area contributed by atoms with Crippen LogP contribution in [0.3, 0.4) is 0 Å². The summed E-state index contributed by atoms with van der Waals surface area (Å²) in [6, 6.07) is 8.02. The molecule has 0 aliphatic carbocycles. The summed E-state index contributed by atoms with van der Waals surface area (Å²) in [5.74, 6) is -1.98. The molecule has 1 aromatic rings. The molecule has 1 rings (SSSR count). The highest BCUT2D eigenvalue weighted by Gasteiger charge is 2.31. The number of alkyl carbamates (subject to hydrolysis) is 1. The second-order valence-electron chi connectivity index (χ2n) is 7.20. The first kappa shape index (κ1) is 23.4. The maximum atomic E-state index is 12.6. The van der Waals surface area contributed by atoms with Crippen molar-refractivity contribution in [3.05, 3.63) is 35.9 Å². The highest BCUT2D eigenvalue weighted by atomic mass is 16.6. The molecule has 0 saturated heterocycles. The SMILES string of the molecule is COCC(CC(NC(=O)OC(C)(C)C)C(=O)OCc1ccccc1)C(=O)OC. The standard InChI is InChI=1S/C20H29NO7/c1-20(2,3)28-19(24)21-16(11-15(13-25-4)17(22)26-5)18(23)27-12-14-9-7-6-8-10-14/h6-10,15-16H,11-13H2,1-5H3,(H,21,24). The van der Waals surface area contributed by atoms with Gasteiger partial charge < -0.3 is 24.3 Å². The van der Waals surface area contributed by atoms with Gasteiger partial charge in [-0.25, -0.2) is 9.59 Å². The van der Waals surface area contributed by atoms with E-state index in [0.29, 0.717) is 0 Å². The maximum Gasteiger partial charge on any atom is 0.408 e. The van der Waals surface area contributed by atoms with Gasteiger partial charge in [0.2, 0.25) is 0 Å². The van der Waals surface area contributed by atoms with Gasteiger partial charge >= 0.3 is 18.0 Å². The zero-order valence-corrected chi connectivity index (χ0v) is 17.0. The molecule has 8 nitrogen and oxygen atoms in total. The lowest BCUT2D eigenvalue weighted by molar-refractivity contribution is -0.151. The Morgan fingerprint density at radius 2 is 1.68 bits per heavy atom. The number of amides is 1. The third-order valence-electron chi connectivity index (χ3n) is 3.62. The van der Waals surface area contributed by atoms with E-state index in [1.54, 1.807) is 20.8 Å². The summed E-state index contributed by atoms with van der Waals surface area (Å²) in [5, 5.41) is 2.48. The topological polar surface area (TPSA) is 100 Å². The van der Waals surface area contributed by atoms with E-state index in [2.05, 4.69) is 5.32 Å². The molecule has 0 saturated carbocycles. The van der Waals surface area contributed by atoms with Gasteiger partial charge in [-0.2, -0.15) is 0 Å². The lowest BCUT2D eigenvalue weighted by Gasteiger charge is -2.24. The van der Waals surface area contributed by atoms with Crippen LogP contribution in [0.1, 0.15) is 32.8 Å². The van der Waals surface area contributed by atoms with Gasteiger partial charge in [-0.1, -0.05) is 30.3 Å². The molecule has 156 valence electrons. The van der Waals surface area contributed by atoms with Crippen LogP contribution in [0.5, 0.6) is 0 Å². The van der Waals surface area contributed by atoms with E-state index in [-0.39, 0.29) is 19.6 Å². The lowest BCUT2D eigenvalue weighted by atomic mass is 10.0. The first-order chi connectivity index (χ1) is 13.2. The number of ether oxygens (including phenoxy) is 4. The van der Waals surface area contributed by atoms with Crippen molar-refractivity contribution in [1.82, 2.24) is 5.32 Å². The molecule has 0 fully saturated rings. The van der Waals surface area contributed by atoms with Crippen molar-refractivity contribution in [3.63, 3.8) is 0 Å². The molecule has 0 heterocycles. The van der Waals surface area contributed by atoms with E-state index in [1.807, 2.05) is 30.3 Å². The zero-order valence-electron chi connectivity index (χ0n) is 17.0. The third-order valence-corrected chi connectivity index (χ3v) is 3.62. The fourth-order valence-corrected chi connectivity index (χ4v) is 2.38. The van der Waals surface area contributed by atoms with E-state index >= 15 is 0 Å². The molecule has 0 aromatic heterocycles. The first-order valence-corrected chi connectivity index (χ1v) is 8.93. The number of methoxy groups -OCH3 is 2. The van der Waals surface area contributed by atoms with Gasteiger partial charge in [-0.15, -0.1) is 0 Å². The largest absolute Gasteiger partial charge is 0.469 e. The van der Waals surface area contributed by atoms with Crippen molar-refractivity contribution in [2.75, 3.05) is 20.8 Å². The Kier molecular flexibility index (Phi) is 9.44. The van der Waals surface area contributed by atoms with Gasteiger partial charge in [-0.3, -0.25) is 4.79 Å². The van der Waals surface area contributed by atoms with Crippen LogP contribution in [0.25, 0.3) is 0 Å². The van der Waals surface area contributed by atoms with Gasteiger partial charge in [0.25, 0.3) is 0 Å². The molecular weight excluding hydrogens is 366 g/mol. The maximum absolute atomic E-state index is 12.6. The molecule has 0 aliphatic heterocycles. The fraction of sp³-hybridized carbons (Fsp3) is 0.550. The van der Waals surface area contributed by atoms with Gasteiger partial charge in [-0.05, 0) is 32.8 Å². The van der Waals surface area contributed by atoms with Crippen LogP contribution in [-0.2, 0) is 35.1 Å². The zero-order chi connectivity index (χ0) is 21.2. The normalized spacial score (nSPS) is 13.2. The molecule has 0 spiro atoms. The molecule has 1 amide bonds. The Bertz CT molecular complexity index is 640. The number of hydrogen-bond acceptors (Lipinski definition) is 7. The van der Waals surface area contributed by atoms with E-state index in [0.717, 1.165) is 5.56 Å². The molecule has 8 heteroatoms. The summed E-state index contributed by atoms with van der Waals surface area (Å²) in [4.78, 5) is 36.7. The van der Waals surface area contributed by atoms with Crippen molar-refractivity contribution < 1.29 is 33.3 Å². The summed E-state index contributed by atoms with van der Waals surface area (Å²) in [5.41, 5.74) is 0.0601. The third kappa shape index (κ3) is 8.85. The number of esters is 2. The monoisotopic (exact) mass is 395 g/mol. The van der Waals surface area contributed by atoms with E-state index in [4.69, 9.17) is 18.9 Å². The van der Waals surface area contributed by atoms with Crippen molar-refractivity contribution in [2.45, 2.75) is 45.4 Å². The van der Waals surface area contributed by atoms with Crippen molar-refractivity contribution in [3.8, 4) is 0 Å². The predicted molar refractivity (Wildman–Crippen MR) is 101 cm³/mol. The van der Waals surface area contributed by atoms with Gasteiger partial charge in [0, 0.05) is 7.11 Å². The van der Waals surface area contributed by atoms with Gasteiger partial charge in [0.05, 0.1) is 19.6 Å². The van der Waals surface area contributed by atoms with Gasteiger partial charge in [0.15, 0.2) is 0 Å². The van der Waals surface area contributed by atoms with Crippen molar-refractivity contribution >= 4 is 18.0 Å². The van der Waals surface area contributed by atoms with Crippen LogP contribution in [0, 0.1) is 5.92 Å². The number of rotatable bonds is 9. The number of carbonyl (C=O) groups is 3. The van der Waals surface area contributed by atoms with E-state index < -0.39 is 35.6 Å². The molecule has 2 atom stereocenters. The molecule has 1 N–H and O–H groups in total. The number of carbonyl (C=O) groups excluding carboxylic acids is 3. The summed E-state index contributed by atoms with van der Waals surface area (Å²) in [6.45, 7) is 5.19. The van der Waals surface area contributed by atoms with Crippen LogP contribution in [0.2, 0.25) is 0 Å². The fourth-order valence-electron chi connectivity index (χ4n) is 2.38. The smallest absolute Gasteiger partial charge is 0.408 e. The molecule has 2 unspecified atom stereocenters. The average Bonchev–Trinajstić information content (AvgIpc) is 2.63. The van der Waals surface area contributed by atoms with Crippen molar-refractivity contribution in [2.24, 2.45) is 5.92 Å². The summed E-state index contributed by atoms with van der Waals surface area (Å²) in [6.07, 6.45) is -0.830. The van der Waals surface area contributed by atoms with E-state index in [1.165, 1.54) is 14.2 Å². The quantitative estimate of drug-likeness (QED) is 0.506. The van der Waals surface area contributed by atoms with Crippen LogP contribution in [0.4, 0.5) is 4.79 Å². The molecule has 0 radical (unpaired) electrons. The Labute approximate surface area is 165 Å². The average molecular weight is 395 g/mol. The van der Waals surface area contributed by atoms with Gasteiger partial charge in [0.1, 0.15) is 18.2 Å². The second kappa shape index (κ2) is 11.3. The Morgan fingerprint density at radius 1 is 1.04 bits per heavy atom. The molecule has 28 heavy (non-hydrogen) atoms. The van der Waals surface area contributed by atoms with Crippen LogP contribution in [-0.4, -0.2) is 50.5 Å². The summed E-state index contributed by atoms with van der Waals surface area (Å²) in [7, 11) is 2.68. The molecule has 0 aliphatic rings. The van der Waals surface area contributed by atoms with Crippen LogP contribution < -0.4 is 5.32 Å². The molecule has 0 bridgehead atoms. The first-order valence-electron chi connectivity index (χ1n) is 8.93. The highest BCUT2D eigenvalue weighted by molar-refractivity contribution is 5.82. The second-order valence-corrected chi connectivity index (χ2v) is 7.20. The Morgan fingerprint density at radius 3 is 2.21 bits per heavy atom. The predicted octanol–water partition coefficient (Wildman–Crippen LogP) is 2.45. The minimum absolute atomic E-state index is 0.0329. The summed E-state index contributed by atoms with van der Waals surface area (Å²) >= 11 is 0. The number of nitrogens with one attached hydrogen (secondary N) is 1. The minimum Gasteiger partial charge on any atom is -0.469 e. The molecule has 1 aromatic carbocycles. The van der Waals surface area contributed by atoms with Crippen molar-refractivity contribution in [1.29, 1.82) is 0 Å². The van der Waals surface area contributed by atoms with Crippen LogP contribution in [0.15, 0.2) is 30.3 Å². The summed E-state index contributed by atoms with van der Waals surface area (Å²) < 4.78 is 20.3. The lowest BCUT2D eigenvalue weighted by Crippen LogP contribution is -2.46. The number of benzene rings is 1. The minimum atomic E-state index is -1.10. The highest BCUT2D eigenvalue weighted by Crippen LogP contribution is 2.14. The Balaban J connectivity index is 2.86. The van der Waals surface area contributed by atoms with E-state index in [9.17, 15) is 14.4 Å². The Hall–Kier alpha value is -2.61.